The van der Waals surface area contributed by atoms with Gasteiger partial charge in [0.1, 0.15) is 0 Å². The zero-order chi connectivity index (χ0) is 11.3. The van der Waals surface area contributed by atoms with Crippen LogP contribution in [0.5, 0.6) is 0 Å². The lowest BCUT2D eigenvalue weighted by Crippen LogP contribution is -2.58. The molecule has 1 aliphatic heterocycles. The predicted octanol–water partition coefficient (Wildman–Crippen LogP) is 2.42. The van der Waals surface area contributed by atoms with Gasteiger partial charge in [0.25, 0.3) is 0 Å². The van der Waals surface area contributed by atoms with Crippen molar-refractivity contribution in [2.24, 2.45) is 0 Å². The van der Waals surface area contributed by atoms with Gasteiger partial charge in [0, 0.05) is 11.6 Å². The standard InChI is InChI=1S/C13H26N2/c1-5-12(14-6-2)13(3,4)15-10-8-7-9-11-15/h5,12,14H,1,6-11H2,2-4H3. The van der Waals surface area contributed by atoms with Gasteiger partial charge in [-0.25, -0.2) is 0 Å². The molecule has 0 radical (unpaired) electrons. The van der Waals surface area contributed by atoms with Crippen LogP contribution in [-0.2, 0) is 0 Å². The lowest BCUT2D eigenvalue weighted by Gasteiger charge is -2.45. The quantitative estimate of drug-likeness (QED) is 0.701. The molecule has 88 valence electrons. The molecular weight excluding hydrogens is 184 g/mol. The lowest BCUT2D eigenvalue weighted by molar-refractivity contribution is 0.0754. The van der Waals surface area contributed by atoms with E-state index in [1.165, 1.54) is 32.4 Å². The van der Waals surface area contributed by atoms with Gasteiger partial charge in [-0.3, -0.25) is 4.90 Å². The van der Waals surface area contributed by atoms with E-state index in [4.69, 9.17) is 0 Å². The zero-order valence-electron chi connectivity index (χ0n) is 10.6. The number of nitrogens with zero attached hydrogens (tertiary/aromatic N) is 1. The molecule has 1 atom stereocenters. The van der Waals surface area contributed by atoms with E-state index in [0.29, 0.717) is 6.04 Å². The van der Waals surface area contributed by atoms with E-state index in [9.17, 15) is 0 Å². The van der Waals surface area contributed by atoms with Crippen LogP contribution in [0.3, 0.4) is 0 Å². The Kier molecular flexibility index (Phi) is 4.81. The first-order valence-corrected chi connectivity index (χ1v) is 6.24. The maximum atomic E-state index is 3.95. The molecule has 1 saturated heterocycles. The molecule has 15 heavy (non-hydrogen) atoms. The molecule has 0 aromatic carbocycles. The van der Waals surface area contributed by atoms with Crippen molar-refractivity contribution in [1.29, 1.82) is 0 Å². The Morgan fingerprint density at radius 2 is 1.93 bits per heavy atom. The summed E-state index contributed by atoms with van der Waals surface area (Å²) in [5.74, 6) is 0. The highest BCUT2D eigenvalue weighted by molar-refractivity contribution is 5.03. The van der Waals surface area contributed by atoms with Gasteiger partial charge in [-0.1, -0.05) is 19.4 Å². The van der Waals surface area contributed by atoms with E-state index >= 15 is 0 Å². The molecule has 1 fully saturated rings. The summed E-state index contributed by atoms with van der Waals surface area (Å²) in [5, 5.41) is 3.51. The van der Waals surface area contributed by atoms with Gasteiger partial charge in [-0.15, -0.1) is 6.58 Å². The maximum Gasteiger partial charge on any atom is 0.0428 e. The van der Waals surface area contributed by atoms with Crippen LogP contribution in [0.4, 0.5) is 0 Å². The lowest BCUT2D eigenvalue weighted by atomic mass is 9.90. The number of piperidine rings is 1. The van der Waals surface area contributed by atoms with Gasteiger partial charge < -0.3 is 5.32 Å². The number of likely N-dealkylation sites (tertiary alicyclic amines) is 1. The Balaban J connectivity index is 2.64. The molecule has 0 aliphatic carbocycles. The average molecular weight is 210 g/mol. The first kappa shape index (κ1) is 12.7. The first-order chi connectivity index (χ1) is 7.12. The van der Waals surface area contributed by atoms with Crippen molar-refractivity contribution in [2.45, 2.75) is 51.6 Å². The molecule has 2 nitrogen and oxygen atoms in total. The maximum absolute atomic E-state index is 3.95. The van der Waals surface area contributed by atoms with Crippen molar-refractivity contribution in [2.75, 3.05) is 19.6 Å². The fraction of sp³-hybridized carbons (Fsp3) is 0.846. The molecule has 1 heterocycles. The van der Waals surface area contributed by atoms with Crippen molar-refractivity contribution in [3.8, 4) is 0 Å². The third-order valence-electron chi connectivity index (χ3n) is 3.59. The molecule has 1 rings (SSSR count). The third-order valence-corrected chi connectivity index (χ3v) is 3.59. The molecule has 0 spiro atoms. The highest BCUT2D eigenvalue weighted by atomic mass is 15.2. The Labute approximate surface area is 94.7 Å². The molecule has 1 unspecified atom stereocenters. The summed E-state index contributed by atoms with van der Waals surface area (Å²) in [6.07, 6.45) is 6.14. The van der Waals surface area contributed by atoms with Gasteiger partial charge in [0.05, 0.1) is 0 Å². The second kappa shape index (κ2) is 5.66. The van der Waals surface area contributed by atoms with E-state index < -0.39 is 0 Å². The molecule has 0 bridgehead atoms. The molecule has 1 N–H and O–H groups in total. The van der Waals surface area contributed by atoms with Gasteiger partial charge in [0.15, 0.2) is 0 Å². The number of likely N-dealkylation sites (N-methyl/N-ethyl adjacent to an activating group) is 1. The summed E-state index contributed by atoms with van der Waals surface area (Å²) in [6.45, 7) is 14.2. The molecule has 0 amide bonds. The van der Waals surface area contributed by atoms with E-state index in [1.54, 1.807) is 0 Å². The van der Waals surface area contributed by atoms with Gasteiger partial charge >= 0.3 is 0 Å². The van der Waals surface area contributed by atoms with E-state index in [0.717, 1.165) is 6.54 Å². The summed E-state index contributed by atoms with van der Waals surface area (Å²) in [5.41, 5.74) is 0.193. The normalized spacial score (nSPS) is 21.3. The van der Waals surface area contributed by atoms with Crippen LogP contribution in [0.15, 0.2) is 12.7 Å². The molecule has 0 aromatic heterocycles. The Morgan fingerprint density at radius 3 is 2.40 bits per heavy atom. The van der Waals surface area contributed by atoms with Crippen LogP contribution in [0, 0.1) is 0 Å². The van der Waals surface area contributed by atoms with E-state index in [-0.39, 0.29) is 5.54 Å². The van der Waals surface area contributed by atoms with Crippen LogP contribution in [0.1, 0.15) is 40.0 Å². The van der Waals surface area contributed by atoms with Crippen molar-refractivity contribution >= 4 is 0 Å². The third kappa shape index (κ3) is 3.05. The first-order valence-electron chi connectivity index (χ1n) is 6.24. The minimum absolute atomic E-state index is 0.193. The van der Waals surface area contributed by atoms with Gasteiger partial charge in [-0.2, -0.15) is 0 Å². The smallest absolute Gasteiger partial charge is 0.0428 e. The minimum Gasteiger partial charge on any atom is -0.309 e. The van der Waals surface area contributed by atoms with Crippen LogP contribution in [0.2, 0.25) is 0 Å². The highest BCUT2D eigenvalue weighted by Crippen LogP contribution is 2.24. The zero-order valence-corrected chi connectivity index (χ0v) is 10.6. The fourth-order valence-corrected chi connectivity index (χ4v) is 2.51. The molecule has 1 aliphatic rings. The minimum atomic E-state index is 0.193. The number of hydrogen-bond donors (Lipinski definition) is 1. The van der Waals surface area contributed by atoms with E-state index in [2.05, 4.69) is 43.6 Å². The topological polar surface area (TPSA) is 15.3 Å². The summed E-state index contributed by atoms with van der Waals surface area (Å²) >= 11 is 0. The predicted molar refractivity (Wildman–Crippen MR) is 67.2 cm³/mol. The molecule has 2 heteroatoms. The molecular formula is C13H26N2. The Hall–Kier alpha value is -0.340. The largest absolute Gasteiger partial charge is 0.309 e. The molecule has 0 saturated carbocycles. The summed E-state index contributed by atoms with van der Waals surface area (Å²) < 4.78 is 0. The van der Waals surface area contributed by atoms with Gasteiger partial charge in [-0.05, 0) is 46.3 Å². The second-order valence-corrected chi connectivity index (χ2v) is 4.97. The van der Waals surface area contributed by atoms with Crippen molar-refractivity contribution < 1.29 is 0 Å². The van der Waals surface area contributed by atoms with Crippen molar-refractivity contribution in [3.63, 3.8) is 0 Å². The van der Waals surface area contributed by atoms with Crippen molar-refractivity contribution in [3.05, 3.63) is 12.7 Å². The van der Waals surface area contributed by atoms with Crippen LogP contribution in [0.25, 0.3) is 0 Å². The Morgan fingerprint density at radius 1 is 1.33 bits per heavy atom. The van der Waals surface area contributed by atoms with Crippen LogP contribution >= 0.6 is 0 Å². The molecule has 0 aromatic rings. The van der Waals surface area contributed by atoms with E-state index in [1.807, 2.05) is 0 Å². The summed E-state index contributed by atoms with van der Waals surface area (Å²) in [6, 6.07) is 0.389. The number of nitrogens with one attached hydrogen (secondary N) is 1. The average Bonchev–Trinajstić information content (AvgIpc) is 2.27. The number of rotatable bonds is 5. The van der Waals surface area contributed by atoms with Gasteiger partial charge in [0.2, 0.25) is 0 Å². The highest BCUT2D eigenvalue weighted by Gasteiger charge is 2.33. The van der Waals surface area contributed by atoms with Crippen molar-refractivity contribution in [1.82, 2.24) is 10.2 Å². The Bertz CT molecular complexity index is 193. The summed E-state index contributed by atoms with van der Waals surface area (Å²) in [7, 11) is 0. The summed E-state index contributed by atoms with van der Waals surface area (Å²) in [4.78, 5) is 2.60. The number of hydrogen-bond acceptors (Lipinski definition) is 2. The van der Waals surface area contributed by atoms with Crippen LogP contribution < -0.4 is 5.32 Å². The fourth-order valence-electron chi connectivity index (χ4n) is 2.51. The monoisotopic (exact) mass is 210 g/mol. The SMILES string of the molecule is C=CC(NCC)C(C)(C)N1CCCCC1. The van der Waals surface area contributed by atoms with Crippen LogP contribution in [-0.4, -0.2) is 36.1 Å². The second-order valence-electron chi connectivity index (χ2n) is 4.97.